The third kappa shape index (κ3) is 3.98. The minimum atomic E-state index is -0.481. The van der Waals surface area contributed by atoms with Gasteiger partial charge < -0.3 is 19.5 Å². The smallest absolute Gasteiger partial charge is 0.339 e. The van der Waals surface area contributed by atoms with Gasteiger partial charge in [-0.2, -0.15) is 0 Å². The van der Waals surface area contributed by atoms with Crippen molar-refractivity contribution in [2.45, 2.75) is 38.1 Å². The molecule has 0 spiro atoms. The van der Waals surface area contributed by atoms with Crippen LogP contribution >= 0.6 is 0 Å². The Morgan fingerprint density at radius 2 is 1.94 bits per heavy atom. The van der Waals surface area contributed by atoms with Crippen molar-refractivity contribution >= 4 is 34.4 Å². The number of carbonyl (C=O) groups is 2. The summed E-state index contributed by atoms with van der Waals surface area (Å²) in [5, 5.41) is 3.60. The maximum Gasteiger partial charge on any atom is 0.339 e. The van der Waals surface area contributed by atoms with E-state index in [1.54, 1.807) is 0 Å². The van der Waals surface area contributed by atoms with Crippen molar-refractivity contribution < 1.29 is 23.8 Å². The van der Waals surface area contributed by atoms with Gasteiger partial charge in [-0.3, -0.25) is 4.79 Å². The zero-order valence-electron chi connectivity index (χ0n) is 18.6. The van der Waals surface area contributed by atoms with E-state index >= 15 is 0 Å². The number of hydrogen-bond acceptors (Lipinski definition) is 6. The Kier molecular flexibility index (Phi) is 5.17. The number of benzene rings is 2. The summed E-state index contributed by atoms with van der Waals surface area (Å²) in [5.41, 5.74) is 4.99. The molecular weight excluding hydrogens is 432 g/mol. The summed E-state index contributed by atoms with van der Waals surface area (Å²) in [7, 11) is 0. The molecule has 2 aromatic carbocycles. The van der Waals surface area contributed by atoms with Crippen molar-refractivity contribution in [1.29, 1.82) is 0 Å². The predicted molar refractivity (Wildman–Crippen MR) is 127 cm³/mol. The molecule has 0 radical (unpaired) electrons. The Morgan fingerprint density at radius 3 is 2.82 bits per heavy atom. The molecule has 6 rings (SSSR count). The molecule has 0 saturated heterocycles. The second-order valence-electron chi connectivity index (χ2n) is 8.88. The third-order valence-corrected chi connectivity index (χ3v) is 6.39. The lowest BCUT2D eigenvalue weighted by atomic mass is 9.86. The lowest BCUT2D eigenvalue weighted by Crippen LogP contribution is -2.30. The first-order valence-electron chi connectivity index (χ1n) is 11.6. The van der Waals surface area contributed by atoms with Crippen LogP contribution in [0, 0.1) is 0 Å². The minimum absolute atomic E-state index is 0.226. The fourth-order valence-electron chi connectivity index (χ4n) is 4.61. The average Bonchev–Trinajstić information content (AvgIpc) is 3.54. The summed E-state index contributed by atoms with van der Waals surface area (Å²) in [6, 6.07) is 13.7. The standard InChI is InChI=1S/C27H24N2O5/c30-24(28-18-9-10-18)14-32-27(31)25-19-5-1-2-7-21(19)29-26-17(4-3-6-20(25)26)12-16-8-11-22-23(13-16)34-15-33-22/h1-2,5,7-8,11-13,18H,3-4,6,9-10,14-15H2,(H,28,30). The lowest BCUT2D eigenvalue weighted by Gasteiger charge is -2.22. The summed E-state index contributed by atoms with van der Waals surface area (Å²) in [6.45, 7) is -0.0451. The topological polar surface area (TPSA) is 86.8 Å². The second kappa shape index (κ2) is 8.48. The molecule has 1 saturated carbocycles. The van der Waals surface area contributed by atoms with Crippen molar-refractivity contribution in [3.05, 3.63) is 64.8 Å². The number of pyridine rings is 1. The van der Waals surface area contributed by atoms with Crippen LogP contribution < -0.4 is 14.8 Å². The summed E-state index contributed by atoms with van der Waals surface area (Å²) in [6.07, 6.45) is 6.54. The molecule has 7 nitrogen and oxygen atoms in total. The molecule has 0 unspecified atom stereocenters. The highest BCUT2D eigenvalue weighted by atomic mass is 16.7. The predicted octanol–water partition coefficient (Wildman–Crippen LogP) is 4.28. The number of aromatic nitrogens is 1. The Labute approximate surface area is 196 Å². The number of carbonyl (C=O) groups excluding carboxylic acids is 2. The Hall–Kier alpha value is -3.87. The Morgan fingerprint density at radius 1 is 1.09 bits per heavy atom. The number of hydrogen-bond donors (Lipinski definition) is 1. The van der Waals surface area contributed by atoms with Gasteiger partial charge in [-0.25, -0.2) is 9.78 Å². The van der Waals surface area contributed by atoms with Crippen LogP contribution in [0.2, 0.25) is 0 Å². The Balaban J connectivity index is 1.37. The van der Waals surface area contributed by atoms with E-state index in [1.165, 1.54) is 0 Å². The zero-order chi connectivity index (χ0) is 23.1. The molecule has 3 aromatic rings. The van der Waals surface area contributed by atoms with E-state index in [0.29, 0.717) is 5.56 Å². The van der Waals surface area contributed by atoms with Crippen LogP contribution in [0.25, 0.3) is 22.6 Å². The highest BCUT2D eigenvalue weighted by molar-refractivity contribution is 6.07. The lowest BCUT2D eigenvalue weighted by molar-refractivity contribution is -0.124. The van der Waals surface area contributed by atoms with Crippen LogP contribution in [0.4, 0.5) is 0 Å². The van der Waals surface area contributed by atoms with Crippen molar-refractivity contribution in [3.8, 4) is 11.5 Å². The normalized spacial score (nSPS) is 17.5. The molecule has 0 atom stereocenters. The number of rotatable bonds is 5. The van der Waals surface area contributed by atoms with E-state index in [4.69, 9.17) is 19.2 Å². The first kappa shape index (κ1) is 20.7. The van der Waals surface area contributed by atoms with Crippen LogP contribution in [0.3, 0.4) is 0 Å². The van der Waals surface area contributed by atoms with Gasteiger partial charge in [0.15, 0.2) is 18.1 Å². The monoisotopic (exact) mass is 456 g/mol. The summed E-state index contributed by atoms with van der Waals surface area (Å²) in [5.74, 6) is 0.730. The van der Waals surface area contributed by atoms with E-state index in [9.17, 15) is 9.59 Å². The van der Waals surface area contributed by atoms with Crippen LogP contribution in [0.5, 0.6) is 11.5 Å². The highest BCUT2D eigenvalue weighted by Gasteiger charge is 2.28. The van der Waals surface area contributed by atoms with Crippen LogP contribution in [0.15, 0.2) is 42.5 Å². The van der Waals surface area contributed by atoms with Gasteiger partial charge in [0.1, 0.15) is 0 Å². The molecule has 34 heavy (non-hydrogen) atoms. The summed E-state index contributed by atoms with van der Waals surface area (Å²) < 4.78 is 16.4. The summed E-state index contributed by atoms with van der Waals surface area (Å²) >= 11 is 0. The average molecular weight is 456 g/mol. The van der Waals surface area contributed by atoms with Gasteiger partial charge in [-0.05, 0) is 73.1 Å². The minimum Gasteiger partial charge on any atom is -0.454 e. The Bertz CT molecular complexity index is 1340. The fraction of sp³-hybridized carbons (Fsp3) is 0.296. The molecule has 1 fully saturated rings. The van der Waals surface area contributed by atoms with E-state index < -0.39 is 5.97 Å². The van der Waals surface area contributed by atoms with Crippen LogP contribution in [0.1, 0.15) is 52.9 Å². The number of fused-ring (bicyclic) bond motifs is 3. The first-order valence-corrected chi connectivity index (χ1v) is 11.6. The van der Waals surface area contributed by atoms with Crippen LogP contribution in [-0.2, 0) is 16.0 Å². The number of allylic oxidation sites excluding steroid dienone is 1. The number of nitrogens with one attached hydrogen (secondary N) is 1. The van der Waals surface area contributed by atoms with Gasteiger partial charge >= 0.3 is 5.97 Å². The maximum atomic E-state index is 13.2. The van der Waals surface area contributed by atoms with E-state index in [2.05, 4.69) is 11.4 Å². The van der Waals surface area contributed by atoms with E-state index in [0.717, 1.165) is 76.9 Å². The molecule has 1 aromatic heterocycles. The molecule has 2 aliphatic carbocycles. The molecule has 2 heterocycles. The number of ether oxygens (including phenoxy) is 3. The number of amides is 1. The van der Waals surface area contributed by atoms with E-state index in [1.807, 2.05) is 42.5 Å². The van der Waals surface area contributed by atoms with Crippen LogP contribution in [-0.4, -0.2) is 36.3 Å². The molecule has 7 heteroatoms. The molecule has 3 aliphatic rings. The third-order valence-electron chi connectivity index (χ3n) is 6.39. The zero-order valence-corrected chi connectivity index (χ0v) is 18.6. The number of esters is 1. The fourth-order valence-corrected chi connectivity index (χ4v) is 4.61. The molecule has 1 aliphatic heterocycles. The van der Waals surface area contributed by atoms with Crippen molar-refractivity contribution in [3.63, 3.8) is 0 Å². The number of para-hydroxylation sites is 1. The molecule has 0 bridgehead atoms. The quantitative estimate of drug-likeness (QED) is 0.577. The second-order valence-corrected chi connectivity index (χ2v) is 8.88. The van der Waals surface area contributed by atoms with Crippen molar-refractivity contribution in [2.75, 3.05) is 13.4 Å². The molecule has 172 valence electrons. The van der Waals surface area contributed by atoms with Gasteiger partial charge in [-0.1, -0.05) is 24.3 Å². The molecular formula is C27H24N2O5. The largest absolute Gasteiger partial charge is 0.454 e. The SMILES string of the molecule is O=C(COC(=O)c1c2c(nc3ccccc13)C(=Cc1ccc3c(c1)OCO3)CCC2)NC1CC1. The van der Waals surface area contributed by atoms with Crippen molar-refractivity contribution in [1.82, 2.24) is 10.3 Å². The highest BCUT2D eigenvalue weighted by Crippen LogP contribution is 2.38. The molecule has 1 amide bonds. The van der Waals surface area contributed by atoms with Gasteiger partial charge in [0.25, 0.3) is 5.91 Å². The molecule has 1 N–H and O–H groups in total. The summed E-state index contributed by atoms with van der Waals surface area (Å²) in [4.78, 5) is 30.3. The number of nitrogens with zero attached hydrogens (tertiary/aromatic N) is 1. The van der Waals surface area contributed by atoms with Gasteiger partial charge in [0.2, 0.25) is 6.79 Å². The first-order chi connectivity index (χ1) is 16.7. The van der Waals surface area contributed by atoms with Crippen molar-refractivity contribution in [2.24, 2.45) is 0 Å². The van der Waals surface area contributed by atoms with Gasteiger partial charge in [0.05, 0.1) is 16.8 Å². The van der Waals surface area contributed by atoms with Gasteiger partial charge in [0, 0.05) is 11.4 Å². The maximum absolute atomic E-state index is 13.2. The van der Waals surface area contributed by atoms with E-state index in [-0.39, 0.29) is 25.3 Å². The van der Waals surface area contributed by atoms with Gasteiger partial charge in [-0.15, -0.1) is 0 Å².